The van der Waals surface area contributed by atoms with Gasteiger partial charge in [0.05, 0.1) is 16.3 Å². The molecule has 0 atom stereocenters. The van der Waals surface area contributed by atoms with Crippen LogP contribution in [-0.2, 0) is 16.1 Å². The Morgan fingerprint density at radius 2 is 2.25 bits per heavy atom. The van der Waals surface area contributed by atoms with Gasteiger partial charge in [-0.15, -0.1) is 0 Å². The highest BCUT2D eigenvalue weighted by Gasteiger charge is 2.01. The number of carbonyl (C=O) groups is 1. The van der Waals surface area contributed by atoms with E-state index in [1.807, 2.05) is 41.3 Å². The van der Waals surface area contributed by atoms with Crippen molar-refractivity contribution in [1.82, 2.24) is 9.78 Å². The quantitative estimate of drug-likeness (QED) is 0.435. The Hall–Kier alpha value is -1.57. The van der Waals surface area contributed by atoms with Crippen LogP contribution in [0.1, 0.15) is 12.5 Å². The summed E-state index contributed by atoms with van der Waals surface area (Å²) in [6, 6.07) is 7.80. The van der Waals surface area contributed by atoms with Gasteiger partial charge in [-0.05, 0) is 40.3 Å². The number of rotatable bonds is 6. The molecule has 0 unspecified atom stereocenters. The van der Waals surface area contributed by atoms with Crippen molar-refractivity contribution in [3.05, 3.63) is 45.8 Å². The van der Waals surface area contributed by atoms with E-state index in [0.717, 1.165) is 14.9 Å². The molecule has 0 aliphatic carbocycles. The third-order valence-electron chi connectivity index (χ3n) is 2.50. The maximum atomic E-state index is 10.6. The van der Waals surface area contributed by atoms with Gasteiger partial charge in [0.1, 0.15) is 19.0 Å². The normalized spacial score (nSPS) is 10.3. The predicted octanol–water partition coefficient (Wildman–Crippen LogP) is 2.48. The first kappa shape index (κ1) is 14.8. The van der Waals surface area contributed by atoms with Crippen molar-refractivity contribution < 1.29 is 14.3 Å². The lowest BCUT2D eigenvalue weighted by Crippen LogP contribution is -2.09. The molecule has 0 N–H and O–H groups in total. The summed E-state index contributed by atoms with van der Waals surface area (Å²) in [7, 11) is 0. The molecule has 0 aliphatic heterocycles. The second kappa shape index (κ2) is 7.28. The second-order valence-corrected chi connectivity index (χ2v) is 5.44. The summed E-state index contributed by atoms with van der Waals surface area (Å²) in [5, 5.41) is 4.25. The van der Waals surface area contributed by atoms with Crippen molar-refractivity contribution in [3.8, 4) is 5.75 Å². The monoisotopic (exact) mass is 386 g/mol. The van der Waals surface area contributed by atoms with Crippen LogP contribution in [0.4, 0.5) is 0 Å². The van der Waals surface area contributed by atoms with Gasteiger partial charge in [-0.3, -0.25) is 9.48 Å². The first-order chi connectivity index (χ1) is 9.63. The maximum absolute atomic E-state index is 10.6. The fourth-order valence-electron chi connectivity index (χ4n) is 1.69. The van der Waals surface area contributed by atoms with Gasteiger partial charge in [-0.25, -0.2) is 0 Å². The number of nitrogens with zero attached hydrogens (tertiary/aromatic N) is 2. The maximum Gasteiger partial charge on any atom is 0.302 e. The molecule has 0 radical (unpaired) electrons. The molecule has 0 amide bonds. The van der Waals surface area contributed by atoms with Gasteiger partial charge in [0.15, 0.2) is 0 Å². The summed E-state index contributed by atoms with van der Waals surface area (Å²) in [6.07, 6.45) is 3.80. The molecule has 1 aromatic heterocycles. The number of ether oxygens (including phenoxy) is 2. The Balaban J connectivity index is 1.89. The molecule has 5 nitrogen and oxygen atoms in total. The molecule has 106 valence electrons. The van der Waals surface area contributed by atoms with Crippen LogP contribution in [0.25, 0.3) is 0 Å². The molecule has 20 heavy (non-hydrogen) atoms. The van der Waals surface area contributed by atoms with Crippen LogP contribution >= 0.6 is 22.6 Å². The topological polar surface area (TPSA) is 53.4 Å². The fourth-order valence-corrected chi connectivity index (χ4v) is 2.14. The Labute approximate surface area is 131 Å². The molecule has 0 spiro atoms. The number of esters is 1. The van der Waals surface area contributed by atoms with Gasteiger partial charge >= 0.3 is 5.97 Å². The highest BCUT2D eigenvalue weighted by atomic mass is 127. The first-order valence-corrected chi connectivity index (χ1v) is 7.24. The molecule has 0 aliphatic rings. The zero-order valence-corrected chi connectivity index (χ0v) is 13.2. The molecule has 0 saturated heterocycles. The minimum absolute atomic E-state index is 0.261. The van der Waals surface area contributed by atoms with E-state index in [1.165, 1.54) is 6.92 Å². The van der Waals surface area contributed by atoms with E-state index in [1.54, 1.807) is 0 Å². The average molecular weight is 386 g/mol. The number of hydrogen-bond acceptors (Lipinski definition) is 4. The van der Waals surface area contributed by atoms with Gasteiger partial charge < -0.3 is 9.47 Å². The van der Waals surface area contributed by atoms with Crippen molar-refractivity contribution in [2.45, 2.75) is 13.5 Å². The van der Waals surface area contributed by atoms with Crippen LogP contribution in [0.2, 0.25) is 0 Å². The van der Waals surface area contributed by atoms with Crippen LogP contribution in [0, 0.1) is 3.57 Å². The molecule has 2 rings (SSSR count). The standard InChI is InChI=1S/C14H15IN2O3/c1-11(18)19-5-6-20-14-4-2-3-12(7-14)9-17-10-13(15)8-16-17/h2-4,7-8,10H,5-6,9H2,1H3. The lowest BCUT2D eigenvalue weighted by molar-refractivity contribution is -0.141. The molecule has 6 heteroatoms. The molecule has 0 fully saturated rings. The Kier molecular flexibility index (Phi) is 5.40. The zero-order chi connectivity index (χ0) is 14.4. The molecule has 1 aromatic carbocycles. The lowest BCUT2D eigenvalue weighted by Gasteiger charge is -2.08. The molecule has 2 aromatic rings. The number of hydrogen-bond donors (Lipinski definition) is 0. The molecular formula is C14H15IN2O3. The minimum Gasteiger partial charge on any atom is -0.490 e. The third kappa shape index (κ3) is 4.84. The van der Waals surface area contributed by atoms with Crippen LogP contribution in [0.3, 0.4) is 0 Å². The number of halogens is 1. The largest absolute Gasteiger partial charge is 0.490 e. The van der Waals surface area contributed by atoms with Gasteiger partial charge in [-0.2, -0.15) is 5.10 Å². The SMILES string of the molecule is CC(=O)OCCOc1cccc(Cn2cc(I)cn2)c1. The second-order valence-electron chi connectivity index (χ2n) is 4.19. The van der Waals surface area contributed by atoms with Crippen LogP contribution in [0.15, 0.2) is 36.7 Å². The Bertz CT molecular complexity index is 583. The summed E-state index contributed by atoms with van der Waals surface area (Å²) < 4.78 is 13.3. The summed E-state index contributed by atoms with van der Waals surface area (Å²) in [5.41, 5.74) is 1.11. The van der Waals surface area contributed by atoms with Crippen molar-refractivity contribution in [2.75, 3.05) is 13.2 Å². The predicted molar refractivity (Wildman–Crippen MR) is 82.6 cm³/mol. The van der Waals surface area contributed by atoms with Crippen molar-refractivity contribution in [1.29, 1.82) is 0 Å². The Morgan fingerprint density at radius 3 is 2.95 bits per heavy atom. The number of carbonyl (C=O) groups excluding carboxylic acids is 1. The molecular weight excluding hydrogens is 371 g/mol. The summed E-state index contributed by atoms with van der Waals surface area (Å²) in [6.45, 7) is 2.69. The van der Waals surface area contributed by atoms with Gasteiger partial charge in [0.25, 0.3) is 0 Å². The molecule has 1 heterocycles. The first-order valence-electron chi connectivity index (χ1n) is 6.16. The molecule has 0 bridgehead atoms. The van der Waals surface area contributed by atoms with E-state index in [0.29, 0.717) is 13.2 Å². The van der Waals surface area contributed by atoms with Gasteiger partial charge in [0, 0.05) is 13.1 Å². The third-order valence-corrected chi connectivity index (χ3v) is 3.06. The van der Waals surface area contributed by atoms with E-state index < -0.39 is 0 Å². The van der Waals surface area contributed by atoms with E-state index in [2.05, 4.69) is 27.7 Å². The fraction of sp³-hybridized carbons (Fsp3) is 0.286. The summed E-state index contributed by atoms with van der Waals surface area (Å²) >= 11 is 2.23. The van der Waals surface area contributed by atoms with Crippen LogP contribution in [-0.4, -0.2) is 29.0 Å². The van der Waals surface area contributed by atoms with Gasteiger partial charge in [-0.1, -0.05) is 12.1 Å². The number of aromatic nitrogens is 2. The highest BCUT2D eigenvalue weighted by molar-refractivity contribution is 14.1. The van der Waals surface area contributed by atoms with Crippen molar-refractivity contribution >= 4 is 28.6 Å². The summed E-state index contributed by atoms with van der Waals surface area (Å²) in [4.78, 5) is 10.6. The lowest BCUT2D eigenvalue weighted by atomic mass is 10.2. The van der Waals surface area contributed by atoms with Crippen molar-refractivity contribution in [3.63, 3.8) is 0 Å². The minimum atomic E-state index is -0.296. The van der Waals surface area contributed by atoms with Gasteiger partial charge in [0.2, 0.25) is 0 Å². The van der Waals surface area contributed by atoms with Crippen LogP contribution < -0.4 is 4.74 Å². The smallest absolute Gasteiger partial charge is 0.302 e. The molecule has 0 saturated carbocycles. The van der Waals surface area contributed by atoms with E-state index in [-0.39, 0.29) is 12.6 Å². The number of benzene rings is 1. The Morgan fingerprint density at radius 1 is 1.40 bits per heavy atom. The van der Waals surface area contributed by atoms with Crippen molar-refractivity contribution in [2.24, 2.45) is 0 Å². The highest BCUT2D eigenvalue weighted by Crippen LogP contribution is 2.14. The zero-order valence-electron chi connectivity index (χ0n) is 11.1. The van der Waals surface area contributed by atoms with E-state index in [9.17, 15) is 4.79 Å². The van der Waals surface area contributed by atoms with E-state index >= 15 is 0 Å². The average Bonchev–Trinajstić information content (AvgIpc) is 2.80. The summed E-state index contributed by atoms with van der Waals surface area (Å²) in [5.74, 6) is 0.465. The van der Waals surface area contributed by atoms with E-state index in [4.69, 9.17) is 9.47 Å². The van der Waals surface area contributed by atoms with Crippen LogP contribution in [0.5, 0.6) is 5.75 Å².